The average molecular weight is 1090 g/mol. The van der Waals surface area contributed by atoms with E-state index in [1.54, 1.807) is 14.2 Å². The molecule has 8 bridgehead atoms. The largest absolute Gasteiger partial charge is 0.493 e. The third-order valence-corrected chi connectivity index (χ3v) is 22.6. The van der Waals surface area contributed by atoms with E-state index in [4.69, 9.17) is 37.9 Å². The van der Waals surface area contributed by atoms with Gasteiger partial charge < -0.3 is 53.6 Å². The third kappa shape index (κ3) is 9.58. The minimum absolute atomic E-state index is 0.128. The van der Waals surface area contributed by atoms with Crippen LogP contribution in [0.3, 0.4) is 0 Å². The van der Waals surface area contributed by atoms with Crippen LogP contribution in [0.2, 0.25) is 0 Å². The van der Waals surface area contributed by atoms with Gasteiger partial charge in [-0.2, -0.15) is 0 Å². The van der Waals surface area contributed by atoms with Gasteiger partial charge in [0.15, 0.2) is 23.0 Å². The molecule has 2 aromatic rings. The van der Waals surface area contributed by atoms with Gasteiger partial charge in [0.2, 0.25) is 5.75 Å². The number of aliphatic hydroxyl groups is 1. The average Bonchev–Trinajstić information content (AvgIpc) is 4.06. The first-order valence-electron chi connectivity index (χ1n) is 31.2. The second-order valence-electron chi connectivity index (χ2n) is 29.7. The molecule has 10 atom stereocenters. The first-order valence-corrected chi connectivity index (χ1v) is 31.2. The summed E-state index contributed by atoms with van der Waals surface area (Å²) in [5.74, 6) is 5.48. The molecule has 0 aromatic heterocycles. The van der Waals surface area contributed by atoms with Gasteiger partial charge in [-0.1, -0.05) is 52.0 Å². The summed E-state index contributed by atoms with van der Waals surface area (Å²) in [5, 5.41) is 19.0. The van der Waals surface area contributed by atoms with Gasteiger partial charge in [-0.25, -0.2) is 0 Å². The lowest BCUT2D eigenvalue weighted by molar-refractivity contribution is -0.119. The Labute approximate surface area is 471 Å². The molecule has 13 nitrogen and oxygen atoms in total. The predicted molar refractivity (Wildman–Crippen MR) is 305 cm³/mol. The fourth-order valence-electron chi connectivity index (χ4n) is 21.7. The monoisotopic (exact) mass is 1090 g/mol. The van der Waals surface area contributed by atoms with Crippen LogP contribution in [0.4, 0.5) is 0 Å². The highest BCUT2D eigenvalue weighted by Crippen LogP contribution is 2.68. The first kappa shape index (κ1) is 53.6. The second-order valence-corrected chi connectivity index (χ2v) is 29.7. The van der Waals surface area contributed by atoms with Crippen molar-refractivity contribution in [2.75, 3.05) is 93.1 Å². The lowest BCUT2D eigenvalue weighted by Gasteiger charge is -2.65. The van der Waals surface area contributed by atoms with Crippen LogP contribution < -0.4 is 34.3 Å². The number of aliphatic hydroxyl groups excluding tert-OH is 1. The number of rotatable bonds is 21. The van der Waals surface area contributed by atoms with Crippen molar-refractivity contribution in [2.45, 2.75) is 190 Å². The molecular formula is C66H94N4O9. The zero-order valence-corrected chi connectivity index (χ0v) is 48.8. The molecule has 0 saturated heterocycles. The van der Waals surface area contributed by atoms with Crippen molar-refractivity contribution in [3.05, 3.63) is 64.8 Å². The Bertz CT molecular complexity index is 2680. The van der Waals surface area contributed by atoms with E-state index in [0.29, 0.717) is 76.9 Å². The molecule has 2 aromatic carbocycles. The van der Waals surface area contributed by atoms with Crippen molar-refractivity contribution in [3.63, 3.8) is 0 Å². The van der Waals surface area contributed by atoms with Crippen molar-refractivity contribution in [1.82, 2.24) is 20.4 Å². The van der Waals surface area contributed by atoms with Crippen molar-refractivity contribution in [3.8, 4) is 28.7 Å². The maximum absolute atomic E-state index is 10.9. The topological polar surface area (TPSA) is 125 Å². The highest BCUT2D eigenvalue weighted by Gasteiger charge is 2.62. The van der Waals surface area contributed by atoms with Crippen LogP contribution in [0.15, 0.2) is 42.5 Å². The smallest absolute Gasteiger partial charge is 0.203 e. The molecule has 0 radical (unpaired) electrons. The Morgan fingerprint density at radius 2 is 1.11 bits per heavy atom. The predicted octanol–water partition coefficient (Wildman–Crippen LogP) is 9.57. The van der Waals surface area contributed by atoms with Gasteiger partial charge in [-0.05, 0) is 166 Å². The van der Waals surface area contributed by atoms with Crippen LogP contribution in [-0.4, -0.2) is 144 Å². The molecule has 3 N–H and O–H groups in total. The van der Waals surface area contributed by atoms with E-state index in [-0.39, 0.29) is 29.1 Å². The van der Waals surface area contributed by atoms with Crippen molar-refractivity contribution in [1.29, 1.82) is 0 Å². The molecule has 432 valence electrons. The summed E-state index contributed by atoms with van der Waals surface area (Å²) in [6.45, 7) is 21.1. The molecule has 14 aliphatic rings. The summed E-state index contributed by atoms with van der Waals surface area (Å²) in [5.41, 5.74) is 6.90. The molecule has 4 unspecified atom stereocenters. The van der Waals surface area contributed by atoms with Crippen LogP contribution >= 0.6 is 0 Å². The van der Waals surface area contributed by atoms with E-state index < -0.39 is 6.10 Å². The minimum Gasteiger partial charge on any atom is -0.493 e. The number of methoxy groups -OCH3 is 2. The molecule has 13 heteroatoms. The number of hydrogen-bond acceptors (Lipinski definition) is 13. The van der Waals surface area contributed by atoms with E-state index >= 15 is 0 Å². The van der Waals surface area contributed by atoms with Crippen molar-refractivity contribution < 1.29 is 43.0 Å². The highest BCUT2D eigenvalue weighted by atomic mass is 16.6. The molecular weight excluding hydrogens is 993 g/mol. The molecule has 4 heterocycles. The summed E-state index contributed by atoms with van der Waals surface area (Å²) in [4.78, 5) is 5.08. The molecule has 0 amide bonds. The molecule has 2 spiro atoms. The zero-order valence-electron chi connectivity index (χ0n) is 48.8. The minimum atomic E-state index is -0.556. The number of nitrogens with one attached hydrogen (secondary N) is 2. The third-order valence-electron chi connectivity index (χ3n) is 22.6. The van der Waals surface area contributed by atoms with Crippen molar-refractivity contribution in [2.24, 2.45) is 33.5 Å². The van der Waals surface area contributed by atoms with Crippen molar-refractivity contribution >= 4 is 0 Å². The van der Waals surface area contributed by atoms with Gasteiger partial charge in [-0.15, -0.1) is 0 Å². The van der Waals surface area contributed by atoms with Gasteiger partial charge in [0.1, 0.15) is 18.3 Å². The Balaban J connectivity index is 0.610. The quantitative estimate of drug-likeness (QED) is 0.0813. The molecule has 8 fully saturated rings. The lowest BCUT2D eigenvalue weighted by atomic mass is 9.43. The van der Waals surface area contributed by atoms with Gasteiger partial charge in [-0.3, -0.25) is 9.80 Å². The van der Waals surface area contributed by atoms with Crippen LogP contribution in [0, 0.1) is 33.5 Å². The summed E-state index contributed by atoms with van der Waals surface area (Å²) in [6.07, 6.45) is 27.2. The van der Waals surface area contributed by atoms with E-state index in [9.17, 15) is 5.11 Å². The fraction of sp³-hybridized carbons (Fsp3) is 0.758. The summed E-state index contributed by atoms with van der Waals surface area (Å²) >= 11 is 0. The SMILES string of the molecule is COc1ccc2c3c1O[C@H]1C[C@@H](Oc4cc5c6c(c4OC)O[C@H]4C[C@@H](O)C=C[C@@]64CCN(CCOCCOCCNC46CC7CC(C)(CC(C)(C7)C4)C6)C5)C=C[C@@]31CCN(CCOCCNC13CC4CC(C)(CC(C)(C4)C1)C3)C2. The van der Waals surface area contributed by atoms with Gasteiger partial charge in [0, 0.05) is 74.3 Å². The summed E-state index contributed by atoms with van der Waals surface area (Å²) in [7, 11) is 3.47. The van der Waals surface area contributed by atoms with Crippen LogP contribution in [0.5, 0.6) is 28.7 Å². The van der Waals surface area contributed by atoms with E-state index in [0.717, 1.165) is 114 Å². The zero-order chi connectivity index (χ0) is 54.0. The van der Waals surface area contributed by atoms with Gasteiger partial charge in [0.25, 0.3) is 0 Å². The Morgan fingerprint density at radius 1 is 0.582 bits per heavy atom. The highest BCUT2D eigenvalue weighted by molar-refractivity contribution is 5.67. The molecule has 79 heavy (non-hydrogen) atoms. The molecule has 16 rings (SSSR count). The maximum Gasteiger partial charge on any atom is 0.203 e. The standard InChI is InChI=1S/C66H94N4O9/c1-59-30-44-31-60(2,38-59)41-63(34-44,40-59)67-15-21-74-23-19-69-17-14-66-12-10-49(29-53(66)78-56-50(72-5)8-7-46(36-69)54(56)66)77-51-27-47-37-70(18-13-65-11-9-48(71)28-52(65)79-58(55(47)65)57(51)73-6)20-24-76-26-25-75-22-16-68-64-35-45-32-61(3,42-64)39-62(4,33-45)43-64/h7-12,27,44-45,48-49,52-53,67-68,71H,13-26,28-43H2,1-6H3/t44?,45?,48-,49-,52-,53-,59?,60?,61?,62?,63?,64?,65-,66-/m0/s1. The summed E-state index contributed by atoms with van der Waals surface area (Å²) in [6, 6.07) is 6.55. The van der Waals surface area contributed by atoms with Crippen LogP contribution in [0.1, 0.15) is 153 Å². The first-order chi connectivity index (χ1) is 38.0. The number of benzene rings is 2. The Kier molecular flexibility index (Phi) is 13.5. The fourth-order valence-corrected chi connectivity index (χ4v) is 21.7. The second kappa shape index (κ2) is 19.9. The molecule has 8 saturated carbocycles. The Hall–Kier alpha value is -3.40. The van der Waals surface area contributed by atoms with E-state index in [1.165, 1.54) is 99.3 Å². The van der Waals surface area contributed by atoms with E-state index in [1.807, 2.05) is 6.08 Å². The number of ether oxygens (including phenoxy) is 8. The molecule has 4 aliphatic heterocycles. The van der Waals surface area contributed by atoms with Crippen LogP contribution in [0.25, 0.3) is 0 Å². The van der Waals surface area contributed by atoms with Crippen LogP contribution in [-0.2, 0) is 38.1 Å². The number of hydrogen-bond donors (Lipinski definition) is 3. The van der Waals surface area contributed by atoms with E-state index in [2.05, 4.69) is 84.6 Å². The lowest BCUT2D eigenvalue weighted by Crippen LogP contribution is -2.64. The Morgan fingerprint density at radius 3 is 1.70 bits per heavy atom. The number of nitrogens with zero attached hydrogens (tertiary/aromatic N) is 2. The normalized spacial score (nSPS) is 41.5. The molecule has 10 aliphatic carbocycles. The maximum atomic E-state index is 10.9. The van der Waals surface area contributed by atoms with Gasteiger partial charge in [0.05, 0.1) is 70.8 Å². The summed E-state index contributed by atoms with van der Waals surface area (Å²) < 4.78 is 52.2. The van der Waals surface area contributed by atoms with Gasteiger partial charge >= 0.3 is 0 Å².